The molecule has 0 saturated heterocycles. The fraction of sp³-hybridized carbons (Fsp3) is 0.286. The highest BCUT2D eigenvalue weighted by Crippen LogP contribution is 2.30. The highest BCUT2D eigenvalue weighted by molar-refractivity contribution is 5.80. The Morgan fingerprint density at radius 1 is 1.35 bits per heavy atom. The van der Waals surface area contributed by atoms with Crippen molar-refractivity contribution in [1.82, 2.24) is 5.32 Å². The van der Waals surface area contributed by atoms with E-state index in [2.05, 4.69) is 11.9 Å². The standard InChI is InChI=1S/C14H17NO5/c1-8(2)15-13(14(18)19-4)11-7-10(17)5-6-12(11)20-9(3)16/h5-7,13,15,17H,1H2,2-4H3. The largest absolute Gasteiger partial charge is 0.508 e. The molecule has 0 bridgehead atoms. The van der Waals surface area contributed by atoms with E-state index < -0.39 is 18.0 Å². The molecule has 6 nitrogen and oxygen atoms in total. The average molecular weight is 279 g/mol. The number of carbonyl (C=O) groups is 2. The van der Waals surface area contributed by atoms with Crippen molar-refractivity contribution in [2.45, 2.75) is 19.9 Å². The van der Waals surface area contributed by atoms with Crippen LogP contribution in [0.25, 0.3) is 0 Å². The molecule has 1 unspecified atom stereocenters. The summed E-state index contributed by atoms with van der Waals surface area (Å²) in [5.74, 6) is -1.02. The van der Waals surface area contributed by atoms with Crippen molar-refractivity contribution in [2.24, 2.45) is 0 Å². The lowest BCUT2D eigenvalue weighted by Gasteiger charge is -2.20. The van der Waals surface area contributed by atoms with Crippen LogP contribution in [0.15, 0.2) is 30.5 Å². The zero-order chi connectivity index (χ0) is 15.3. The zero-order valence-electron chi connectivity index (χ0n) is 11.6. The maximum Gasteiger partial charge on any atom is 0.333 e. The van der Waals surface area contributed by atoms with Gasteiger partial charge in [0.1, 0.15) is 11.5 Å². The second-order valence-electron chi connectivity index (χ2n) is 4.20. The van der Waals surface area contributed by atoms with Gasteiger partial charge in [-0.15, -0.1) is 0 Å². The molecule has 2 N–H and O–H groups in total. The maximum atomic E-state index is 11.8. The third-order valence-electron chi connectivity index (χ3n) is 2.39. The number of ether oxygens (including phenoxy) is 2. The SMILES string of the molecule is C=C(C)NC(C(=O)OC)c1cc(O)ccc1OC(C)=O. The molecule has 6 heteroatoms. The lowest BCUT2D eigenvalue weighted by molar-refractivity contribution is -0.143. The predicted octanol–water partition coefficient (Wildman–Crippen LogP) is 1.65. The average Bonchev–Trinajstić information content (AvgIpc) is 2.36. The van der Waals surface area contributed by atoms with Crippen molar-refractivity contribution >= 4 is 11.9 Å². The summed E-state index contributed by atoms with van der Waals surface area (Å²) in [6, 6.07) is 3.16. The number of carbonyl (C=O) groups excluding carboxylic acids is 2. The van der Waals surface area contributed by atoms with Crippen molar-refractivity contribution in [3.8, 4) is 11.5 Å². The summed E-state index contributed by atoms with van der Waals surface area (Å²) in [5.41, 5.74) is 0.813. The van der Waals surface area contributed by atoms with Crippen LogP contribution in [0.4, 0.5) is 0 Å². The van der Waals surface area contributed by atoms with Gasteiger partial charge in [0, 0.05) is 18.2 Å². The molecule has 0 aliphatic carbocycles. The smallest absolute Gasteiger partial charge is 0.333 e. The molecule has 1 rings (SSSR count). The number of aromatic hydroxyl groups is 1. The molecule has 1 aromatic rings. The summed E-state index contributed by atoms with van der Waals surface area (Å²) in [6.45, 7) is 6.58. The van der Waals surface area contributed by atoms with E-state index in [1.165, 1.54) is 32.2 Å². The first-order valence-electron chi connectivity index (χ1n) is 5.86. The van der Waals surface area contributed by atoms with Crippen molar-refractivity contribution < 1.29 is 24.2 Å². The Hall–Kier alpha value is -2.50. The van der Waals surface area contributed by atoms with E-state index in [0.29, 0.717) is 5.70 Å². The fourth-order valence-electron chi connectivity index (χ4n) is 1.64. The summed E-state index contributed by atoms with van der Waals surface area (Å²) in [4.78, 5) is 22.9. The molecule has 20 heavy (non-hydrogen) atoms. The highest BCUT2D eigenvalue weighted by Gasteiger charge is 2.25. The summed E-state index contributed by atoms with van der Waals surface area (Å²) in [5, 5.41) is 12.4. The van der Waals surface area contributed by atoms with Crippen LogP contribution in [-0.4, -0.2) is 24.2 Å². The van der Waals surface area contributed by atoms with Gasteiger partial charge >= 0.3 is 11.9 Å². The minimum Gasteiger partial charge on any atom is -0.508 e. The fourth-order valence-corrected chi connectivity index (χ4v) is 1.64. The molecule has 0 aliphatic rings. The van der Waals surface area contributed by atoms with Gasteiger partial charge in [0.2, 0.25) is 0 Å². The van der Waals surface area contributed by atoms with E-state index in [9.17, 15) is 14.7 Å². The normalized spacial score (nSPS) is 11.3. The Bertz CT molecular complexity index is 538. The minimum atomic E-state index is -0.932. The molecule has 0 amide bonds. The number of phenolic OH excluding ortho intramolecular Hbond substituents is 1. The number of nitrogens with one attached hydrogen (secondary N) is 1. The van der Waals surface area contributed by atoms with E-state index in [4.69, 9.17) is 9.47 Å². The number of allylic oxidation sites excluding steroid dienone is 1. The molecule has 1 aromatic carbocycles. The van der Waals surface area contributed by atoms with E-state index >= 15 is 0 Å². The van der Waals surface area contributed by atoms with Gasteiger partial charge in [0.15, 0.2) is 6.04 Å². The van der Waals surface area contributed by atoms with E-state index in [1.807, 2.05) is 0 Å². The van der Waals surface area contributed by atoms with Crippen LogP contribution in [0.1, 0.15) is 25.5 Å². The Labute approximate surface area is 117 Å². The third-order valence-corrected chi connectivity index (χ3v) is 2.39. The predicted molar refractivity (Wildman–Crippen MR) is 72.1 cm³/mol. The quantitative estimate of drug-likeness (QED) is 0.630. The topological polar surface area (TPSA) is 84.9 Å². The van der Waals surface area contributed by atoms with Gasteiger partial charge in [-0.25, -0.2) is 4.79 Å². The molecule has 0 aliphatic heterocycles. The summed E-state index contributed by atoms with van der Waals surface area (Å²) in [7, 11) is 1.24. The lowest BCUT2D eigenvalue weighted by atomic mass is 10.0. The maximum absolute atomic E-state index is 11.8. The van der Waals surface area contributed by atoms with Crippen LogP contribution in [0.3, 0.4) is 0 Å². The molecule has 0 heterocycles. The summed E-state index contributed by atoms with van der Waals surface area (Å²) < 4.78 is 9.73. The third kappa shape index (κ3) is 4.01. The molecular formula is C14H17NO5. The zero-order valence-corrected chi connectivity index (χ0v) is 11.6. The van der Waals surface area contributed by atoms with Crippen LogP contribution in [0.5, 0.6) is 11.5 Å². The van der Waals surface area contributed by atoms with Gasteiger partial charge in [0.25, 0.3) is 0 Å². The van der Waals surface area contributed by atoms with Crippen LogP contribution in [0.2, 0.25) is 0 Å². The number of esters is 2. The van der Waals surface area contributed by atoms with Crippen LogP contribution in [0, 0.1) is 0 Å². The van der Waals surface area contributed by atoms with Crippen molar-refractivity contribution in [2.75, 3.05) is 7.11 Å². The van der Waals surface area contributed by atoms with Gasteiger partial charge in [-0.3, -0.25) is 4.79 Å². The van der Waals surface area contributed by atoms with Crippen molar-refractivity contribution in [1.29, 1.82) is 0 Å². The lowest BCUT2D eigenvalue weighted by Crippen LogP contribution is -2.28. The van der Waals surface area contributed by atoms with Crippen LogP contribution < -0.4 is 10.1 Å². The first kappa shape index (κ1) is 15.6. The number of methoxy groups -OCH3 is 1. The molecule has 108 valence electrons. The first-order chi connectivity index (χ1) is 9.35. The van der Waals surface area contributed by atoms with E-state index in [0.717, 1.165) is 0 Å². The second-order valence-corrected chi connectivity index (χ2v) is 4.20. The summed E-state index contributed by atoms with van der Waals surface area (Å²) >= 11 is 0. The summed E-state index contributed by atoms with van der Waals surface area (Å²) in [6.07, 6.45) is 0. The van der Waals surface area contributed by atoms with Gasteiger partial charge < -0.3 is 19.9 Å². The monoisotopic (exact) mass is 279 g/mol. The number of hydrogen-bond acceptors (Lipinski definition) is 6. The Kier molecular flexibility index (Phi) is 5.14. The first-order valence-corrected chi connectivity index (χ1v) is 5.86. The molecular weight excluding hydrogens is 262 g/mol. The minimum absolute atomic E-state index is 0.0617. The molecule has 0 aromatic heterocycles. The van der Waals surface area contributed by atoms with Crippen molar-refractivity contribution in [3.05, 3.63) is 36.0 Å². The molecule has 0 saturated carbocycles. The number of phenols is 1. The Balaban J connectivity index is 3.28. The van der Waals surface area contributed by atoms with Gasteiger partial charge in [0.05, 0.1) is 7.11 Å². The molecule has 1 atom stereocenters. The molecule has 0 spiro atoms. The van der Waals surface area contributed by atoms with Crippen LogP contribution >= 0.6 is 0 Å². The number of benzene rings is 1. The van der Waals surface area contributed by atoms with Gasteiger partial charge in [-0.05, 0) is 25.1 Å². The second kappa shape index (κ2) is 6.60. The number of rotatable bonds is 5. The van der Waals surface area contributed by atoms with E-state index in [-0.39, 0.29) is 17.1 Å². The van der Waals surface area contributed by atoms with Crippen LogP contribution in [-0.2, 0) is 14.3 Å². The highest BCUT2D eigenvalue weighted by atomic mass is 16.5. The molecule has 0 radical (unpaired) electrons. The van der Waals surface area contributed by atoms with Crippen molar-refractivity contribution in [3.63, 3.8) is 0 Å². The Morgan fingerprint density at radius 3 is 2.50 bits per heavy atom. The number of hydrogen-bond donors (Lipinski definition) is 2. The molecule has 0 fully saturated rings. The van der Waals surface area contributed by atoms with Gasteiger partial charge in [-0.2, -0.15) is 0 Å². The Morgan fingerprint density at radius 2 is 2.00 bits per heavy atom. The van der Waals surface area contributed by atoms with E-state index in [1.54, 1.807) is 6.92 Å². The van der Waals surface area contributed by atoms with Gasteiger partial charge in [-0.1, -0.05) is 6.58 Å².